The monoisotopic (exact) mass is 336 g/mol. The van der Waals surface area contributed by atoms with Crippen LogP contribution in [0.3, 0.4) is 0 Å². The van der Waals surface area contributed by atoms with Crippen LogP contribution in [0.5, 0.6) is 5.75 Å². The number of halogens is 1. The van der Waals surface area contributed by atoms with Crippen molar-refractivity contribution in [2.24, 2.45) is 0 Å². The van der Waals surface area contributed by atoms with Crippen molar-refractivity contribution < 1.29 is 9.53 Å². The van der Waals surface area contributed by atoms with E-state index >= 15 is 0 Å². The molecule has 20 heavy (non-hydrogen) atoms. The maximum Gasteiger partial charge on any atom is 0.262 e. The van der Waals surface area contributed by atoms with Gasteiger partial charge in [0, 0.05) is 22.4 Å². The second kappa shape index (κ2) is 6.38. The summed E-state index contributed by atoms with van der Waals surface area (Å²) in [5, 5.41) is 2.69. The van der Waals surface area contributed by atoms with Crippen LogP contribution in [0.15, 0.2) is 45.8 Å². The van der Waals surface area contributed by atoms with Crippen LogP contribution in [0, 0.1) is 6.92 Å². The Balaban J connectivity index is 1.98. The minimum absolute atomic E-state index is 0.164. The zero-order valence-electron chi connectivity index (χ0n) is 10.8. The molecule has 2 rings (SSSR count). The minimum atomic E-state index is -0.328. The highest BCUT2D eigenvalue weighted by Crippen LogP contribution is 2.15. The molecule has 6 heteroatoms. The largest absolute Gasteiger partial charge is 0.478 e. The molecule has 0 aliphatic carbocycles. The van der Waals surface area contributed by atoms with E-state index in [0.29, 0.717) is 11.4 Å². The van der Waals surface area contributed by atoms with Crippen molar-refractivity contribution in [3.63, 3.8) is 0 Å². The Kier molecular flexibility index (Phi) is 4.57. The highest BCUT2D eigenvalue weighted by atomic mass is 79.9. The Morgan fingerprint density at radius 2 is 2.20 bits per heavy atom. The summed E-state index contributed by atoms with van der Waals surface area (Å²) in [6.45, 7) is 1.49. The zero-order chi connectivity index (χ0) is 14.5. The average Bonchev–Trinajstić information content (AvgIpc) is 2.38. The van der Waals surface area contributed by atoms with Gasteiger partial charge >= 0.3 is 0 Å². The first-order valence-corrected chi connectivity index (χ1v) is 6.72. The molecule has 0 aliphatic rings. The molecular formula is C14H13BrN2O3. The van der Waals surface area contributed by atoms with E-state index in [1.54, 1.807) is 19.1 Å². The Morgan fingerprint density at radius 3 is 2.90 bits per heavy atom. The van der Waals surface area contributed by atoms with E-state index < -0.39 is 0 Å². The standard InChI is InChI=1S/C14H13BrN2O3/c1-9-14(12(18)5-6-16-9)20-8-13(19)17-11-4-2-3-10(15)7-11/h2-7H,8H2,1H3,(H,16,18)(H,17,19). The Hall–Kier alpha value is -2.08. The third-order valence-corrected chi connectivity index (χ3v) is 3.05. The molecule has 0 saturated carbocycles. The molecule has 104 valence electrons. The highest BCUT2D eigenvalue weighted by Gasteiger charge is 2.08. The lowest BCUT2D eigenvalue weighted by molar-refractivity contribution is -0.118. The first-order chi connectivity index (χ1) is 9.56. The second-order valence-electron chi connectivity index (χ2n) is 4.14. The number of H-pyrrole nitrogens is 1. The number of carbonyl (C=O) groups excluding carboxylic acids is 1. The van der Waals surface area contributed by atoms with E-state index in [9.17, 15) is 9.59 Å². The molecule has 0 unspecified atom stereocenters. The van der Waals surface area contributed by atoms with Crippen LogP contribution in [0.2, 0.25) is 0 Å². The quantitative estimate of drug-likeness (QED) is 0.900. The first kappa shape index (κ1) is 14.3. The molecule has 0 spiro atoms. The molecule has 1 heterocycles. The molecule has 0 aliphatic heterocycles. The van der Waals surface area contributed by atoms with Crippen LogP contribution in [0.25, 0.3) is 0 Å². The molecule has 1 amide bonds. The van der Waals surface area contributed by atoms with Crippen LogP contribution in [0.4, 0.5) is 5.69 Å². The average molecular weight is 337 g/mol. The highest BCUT2D eigenvalue weighted by molar-refractivity contribution is 9.10. The lowest BCUT2D eigenvalue weighted by atomic mass is 10.3. The number of carbonyl (C=O) groups is 1. The molecule has 2 aromatic rings. The van der Waals surface area contributed by atoms with Gasteiger partial charge < -0.3 is 15.0 Å². The number of nitrogens with one attached hydrogen (secondary N) is 2. The number of pyridine rings is 1. The number of aromatic nitrogens is 1. The fraction of sp³-hybridized carbons (Fsp3) is 0.143. The number of ether oxygens (including phenoxy) is 1. The summed E-state index contributed by atoms with van der Waals surface area (Å²) in [6, 6.07) is 8.57. The molecule has 2 N–H and O–H groups in total. The molecule has 0 fully saturated rings. The predicted octanol–water partition coefficient (Wildman–Crippen LogP) is 2.46. The molecular weight excluding hydrogens is 324 g/mol. The van der Waals surface area contributed by atoms with Gasteiger partial charge in [-0.05, 0) is 25.1 Å². The summed E-state index contributed by atoms with van der Waals surface area (Å²) in [5.41, 5.74) is 0.996. The van der Waals surface area contributed by atoms with Crippen LogP contribution >= 0.6 is 15.9 Å². The fourth-order valence-electron chi connectivity index (χ4n) is 1.65. The summed E-state index contributed by atoms with van der Waals surface area (Å²) < 4.78 is 6.13. The number of hydrogen-bond acceptors (Lipinski definition) is 3. The molecule has 0 radical (unpaired) electrons. The SMILES string of the molecule is Cc1[nH]ccc(=O)c1OCC(=O)Nc1cccc(Br)c1. The maximum atomic E-state index is 11.8. The third kappa shape index (κ3) is 3.71. The van der Waals surface area contributed by atoms with Crippen LogP contribution in [-0.4, -0.2) is 17.5 Å². The summed E-state index contributed by atoms with van der Waals surface area (Å²) in [6.07, 6.45) is 1.53. The predicted molar refractivity (Wildman–Crippen MR) is 80.1 cm³/mol. The lowest BCUT2D eigenvalue weighted by Gasteiger charge is -2.08. The van der Waals surface area contributed by atoms with Crippen LogP contribution < -0.4 is 15.5 Å². The first-order valence-electron chi connectivity index (χ1n) is 5.93. The van der Waals surface area contributed by atoms with Crippen molar-refractivity contribution in [2.45, 2.75) is 6.92 Å². The Labute approximate surface area is 124 Å². The summed E-state index contributed by atoms with van der Waals surface area (Å²) in [4.78, 5) is 26.2. The van der Waals surface area contributed by atoms with Gasteiger partial charge in [0.25, 0.3) is 5.91 Å². The van der Waals surface area contributed by atoms with Gasteiger partial charge in [-0.2, -0.15) is 0 Å². The molecule has 1 aromatic heterocycles. The van der Waals surface area contributed by atoms with E-state index in [-0.39, 0.29) is 23.7 Å². The van der Waals surface area contributed by atoms with Gasteiger partial charge in [0.1, 0.15) is 0 Å². The number of aryl methyl sites for hydroxylation is 1. The van der Waals surface area contributed by atoms with Crippen LogP contribution in [0.1, 0.15) is 5.69 Å². The summed E-state index contributed by atoms with van der Waals surface area (Å²) >= 11 is 3.32. The topological polar surface area (TPSA) is 71.2 Å². The number of benzene rings is 1. The van der Waals surface area contributed by atoms with Crippen molar-refractivity contribution in [2.75, 3.05) is 11.9 Å². The number of anilines is 1. The Morgan fingerprint density at radius 1 is 1.40 bits per heavy atom. The van der Waals surface area contributed by atoms with Gasteiger partial charge in [0.15, 0.2) is 12.4 Å². The van der Waals surface area contributed by atoms with E-state index in [0.717, 1.165) is 4.47 Å². The molecule has 0 saturated heterocycles. The van der Waals surface area contributed by atoms with Crippen LogP contribution in [-0.2, 0) is 4.79 Å². The van der Waals surface area contributed by atoms with Crippen molar-refractivity contribution >= 4 is 27.5 Å². The lowest BCUT2D eigenvalue weighted by Crippen LogP contribution is -2.22. The van der Waals surface area contributed by atoms with Crippen molar-refractivity contribution in [1.29, 1.82) is 0 Å². The zero-order valence-corrected chi connectivity index (χ0v) is 12.4. The molecule has 5 nitrogen and oxygen atoms in total. The number of aromatic amines is 1. The van der Waals surface area contributed by atoms with Crippen molar-refractivity contribution in [3.8, 4) is 5.75 Å². The van der Waals surface area contributed by atoms with Gasteiger partial charge in [0.2, 0.25) is 5.43 Å². The number of hydrogen-bond donors (Lipinski definition) is 2. The molecule has 1 aromatic carbocycles. The fourth-order valence-corrected chi connectivity index (χ4v) is 2.05. The smallest absolute Gasteiger partial charge is 0.262 e. The van der Waals surface area contributed by atoms with E-state index in [2.05, 4.69) is 26.2 Å². The summed E-state index contributed by atoms with van der Waals surface area (Å²) in [5.74, 6) is -0.164. The van der Waals surface area contributed by atoms with Gasteiger partial charge in [-0.25, -0.2) is 0 Å². The van der Waals surface area contributed by atoms with Gasteiger partial charge in [-0.15, -0.1) is 0 Å². The number of rotatable bonds is 4. The Bertz CT molecular complexity index is 682. The van der Waals surface area contributed by atoms with E-state index in [1.807, 2.05) is 12.1 Å². The minimum Gasteiger partial charge on any atom is -0.478 e. The van der Waals surface area contributed by atoms with E-state index in [1.165, 1.54) is 12.3 Å². The van der Waals surface area contributed by atoms with Gasteiger partial charge in [0.05, 0.1) is 5.69 Å². The molecule has 0 atom stereocenters. The summed E-state index contributed by atoms with van der Waals surface area (Å²) in [7, 11) is 0. The number of amides is 1. The van der Waals surface area contributed by atoms with E-state index in [4.69, 9.17) is 4.74 Å². The van der Waals surface area contributed by atoms with Crippen molar-refractivity contribution in [1.82, 2.24) is 4.98 Å². The normalized spacial score (nSPS) is 10.1. The second-order valence-corrected chi connectivity index (χ2v) is 5.06. The van der Waals surface area contributed by atoms with Gasteiger partial charge in [-0.1, -0.05) is 22.0 Å². The van der Waals surface area contributed by atoms with Crippen molar-refractivity contribution in [3.05, 3.63) is 56.9 Å². The maximum absolute atomic E-state index is 11.8. The third-order valence-electron chi connectivity index (χ3n) is 2.55. The van der Waals surface area contributed by atoms with Gasteiger partial charge in [-0.3, -0.25) is 9.59 Å². The molecule has 0 bridgehead atoms.